The Labute approximate surface area is 249 Å². The van der Waals surface area contributed by atoms with E-state index in [9.17, 15) is 9.59 Å². The van der Waals surface area contributed by atoms with Gasteiger partial charge < -0.3 is 18.9 Å². The third kappa shape index (κ3) is 11.8. The van der Waals surface area contributed by atoms with E-state index in [4.69, 9.17) is 18.9 Å². The van der Waals surface area contributed by atoms with Gasteiger partial charge >= 0.3 is 11.9 Å². The molecular weight excluding hydrogens is 532 g/mol. The first-order chi connectivity index (χ1) is 20.5. The van der Waals surface area contributed by atoms with E-state index < -0.39 is 18.2 Å². The molecule has 3 aromatic carbocycles. The Morgan fingerprint density at radius 2 is 1.12 bits per heavy atom. The first-order valence-electron chi connectivity index (χ1n) is 14.9. The molecule has 0 saturated carbocycles. The Hall–Kier alpha value is -4.04. The molecule has 8 heteroatoms. The zero-order chi connectivity index (χ0) is 30.0. The molecule has 3 rings (SSSR count). The van der Waals surface area contributed by atoms with E-state index in [2.05, 4.69) is 24.1 Å². The van der Waals surface area contributed by atoms with Crippen LogP contribution in [0.3, 0.4) is 0 Å². The van der Waals surface area contributed by atoms with Gasteiger partial charge in [-0.15, -0.1) is 0 Å². The Kier molecular flexibility index (Phi) is 14.2. The molecule has 0 amide bonds. The standard InChI is InChI=1S/C34H42N2O6/c1-4-6-8-10-24-39-26(3)41-33(37)27-12-14-28(15-13-27)34(38)42-32-22-18-30(19-23-32)36-35-29-16-20-31(21-17-29)40-25-11-9-7-5-2/h12-23,26H,4-11,24-25H2,1-3H3. The number of nitrogens with zero attached hydrogens (tertiary/aromatic N) is 2. The summed E-state index contributed by atoms with van der Waals surface area (Å²) >= 11 is 0. The van der Waals surface area contributed by atoms with Gasteiger partial charge in [0.15, 0.2) is 6.29 Å². The maximum absolute atomic E-state index is 12.6. The van der Waals surface area contributed by atoms with Crippen LogP contribution in [0.15, 0.2) is 83.0 Å². The molecular formula is C34H42N2O6. The van der Waals surface area contributed by atoms with Crippen molar-refractivity contribution >= 4 is 23.3 Å². The maximum atomic E-state index is 12.6. The summed E-state index contributed by atoms with van der Waals surface area (Å²) in [6.45, 7) is 7.30. The molecule has 42 heavy (non-hydrogen) atoms. The largest absolute Gasteiger partial charge is 0.494 e. The lowest BCUT2D eigenvalue weighted by atomic mass is 10.1. The zero-order valence-corrected chi connectivity index (χ0v) is 24.9. The number of benzene rings is 3. The number of azo groups is 1. The molecule has 224 valence electrons. The van der Waals surface area contributed by atoms with E-state index in [1.165, 1.54) is 43.5 Å². The summed E-state index contributed by atoms with van der Waals surface area (Å²) in [6.07, 6.45) is 8.37. The average Bonchev–Trinajstić information content (AvgIpc) is 3.01. The second-order valence-electron chi connectivity index (χ2n) is 9.97. The molecule has 0 heterocycles. The van der Waals surface area contributed by atoms with Gasteiger partial charge in [0.2, 0.25) is 0 Å². The minimum absolute atomic E-state index is 0.309. The summed E-state index contributed by atoms with van der Waals surface area (Å²) in [5.74, 6) is 0.134. The number of carbonyl (C=O) groups is 2. The summed E-state index contributed by atoms with van der Waals surface area (Å²) in [5.41, 5.74) is 1.96. The molecule has 0 bridgehead atoms. The van der Waals surface area contributed by atoms with Crippen LogP contribution in [0.4, 0.5) is 11.4 Å². The van der Waals surface area contributed by atoms with Crippen molar-refractivity contribution in [2.24, 2.45) is 10.2 Å². The van der Waals surface area contributed by atoms with E-state index in [1.54, 1.807) is 31.2 Å². The number of rotatable bonds is 18. The lowest BCUT2D eigenvalue weighted by molar-refractivity contribution is -0.0987. The summed E-state index contributed by atoms with van der Waals surface area (Å²) in [5, 5.41) is 8.50. The Bertz CT molecular complexity index is 1240. The minimum Gasteiger partial charge on any atom is -0.494 e. The highest BCUT2D eigenvalue weighted by Crippen LogP contribution is 2.24. The fourth-order valence-corrected chi connectivity index (χ4v) is 3.96. The Morgan fingerprint density at radius 1 is 0.619 bits per heavy atom. The fourth-order valence-electron chi connectivity index (χ4n) is 3.96. The number of unbranched alkanes of at least 4 members (excludes halogenated alkanes) is 6. The fraction of sp³-hybridized carbons (Fsp3) is 0.412. The quantitative estimate of drug-likeness (QED) is 0.0494. The minimum atomic E-state index is -0.642. The van der Waals surface area contributed by atoms with Gasteiger partial charge in [0, 0.05) is 0 Å². The van der Waals surface area contributed by atoms with Crippen LogP contribution in [0.1, 0.15) is 92.9 Å². The molecule has 0 fully saturated rings. The van der Waals surface area contributed by atoms with Crippen LogP contribution in [0.2, 0.25) is 0 Å². The van der Waals surface area contributed by atoms with E-state index in [1.807, 2.05) is 24.3 Å². The number of hydrogen-bond donors (Lipinski definition) is 0. The normalized spacial score (nSPS) is 11.8. The van der Waals surface area contributed by atoms with Crippen LogP contribution < -0.4 is 9.47 Å². The highest BCUT2D eigenvalue weighted by molar-refractivity contribution is 5.94. The van der Waals surface area contributed by atoms with Crippen molar-refractivity contribution in [2.45, 2.75) is 78.4 Å². The molecule has 8 nitrogen and oxygen atoms in total. The first kappa shape index (κ1) is 32.5. The van der Waals surface area contributed by atoms with Crippen molar-refractivity contribution in [3.63, 3.8) is 0 Å². The van der Waals surface area contributed by atoms with Gasteiger partial charge in [-0.05, 0) is 92.6 Å². The van der Waals surface area contributed by atoms with Gasteiger partial charge in [0.05, 0.1) is 35.7 Å². The second-order valence-corrected chi connectivity index (χ2v) is 9.97. The summed E-state index contributed by atoms with van der Waals surface area (Å²) in [4.78, 5) is 25.0. The molecule has 3 aromatic rings. The van der Waals surface area contributed by atoms with Crippen LogP contribution in [0.25, 0.3) is 0 Å². The molecule has 0 radical (unpaired) electrons. The summed E-state index contributed by atoms with van der Waals surface area (Å²) in [7, 11) is 0. The van der Waals surface area contributed by atoms with Crippen molar-refractivity contribution in [1.29, 1.82) is 0 Å². The number of hydrogen-bond acceptors (Lipinski definition) is 8. The van der Waals surface area contributed by atoms with Crippen molar-refractivity contribution in [3.05, 3.63) is 83.9 Å². The molecule has 0 aromatic heterocycles. The van der Waals surface area contributed by atoms with Crippen LogP contribution in [0, 0.1) is 0 Å². The van der Waals surface area contributed by atoms with Gasteiger partial charge in [-0.2, -0.15) is 10.2 Å². The Balaban J connectivity index is 1.43. The number of carbonyl (C=O) groups excluding carboxylic acids is 2. The predicted molar refractivity (Wildman–Crippen MR) is 163 cm³/mol. The van der Waals surface area contributed by atoms with Crippen LogP contribution in [-0.4, -0.2) is 31.4 Å². The second kappa shape index (κ2) is 18.4. The molecule has 0 spiro atoms. The lowest BCUT2D eigenvalue weighted by Gasteiger charge is -2.14. The van der Waals surface area contributed by atoms with Crippen LogP contribution in [0.5, 0.6) is 11.5 Å². The topological polar surface area (TPSA) is 95.8 Å². The van der Waals surface area contributed by atoms with Crippen LogP contribution >= 0.6 is 0 Å². The van der Waals surface area contributed by atoms with Gasteiger partial charge in [-0.1, -0.05) is 52.4 Å². The van der Waals surface area contributed by atoms with Gasteiger partial charge in [-0.25, -0.2) is 9.59 Å². The summed E-state index contributed by atoms with van der Waals surface area (Å²) < 4.78 is 22.1. The monoisotopic (exact) mass is 574 g/mol. The Morgan fingerprint density at radius 3 is 1.67 bits per heavy atom. The molecule has 0 aliphatic heterocycles. The van der Waals surface area contributed by atoms with Crippen molar-refractivity contribution < 1.29 is 28.5 Å². The van der Waals surface area contributed by atoms with Crippen molar-refractivity contribution in [2.75, 3.05) is 13.2 Å². The summed E-state index contributed by atoms with van der Waals surface area (Å²) in [6, 6.07) is 20.3. The number of esters is 2. The smallest absolute Gasteiger partial charge is 0.343 e. The molecule has 0 aliphatic rings. The maximum Gasteiger partial charge on any atom is 0.343 e. The predicted octanol–water partition coefficient (Wildman–Crippen LogP) is 9.38. The molecule has 0 aliphatic carbocycles. The van der Waals surface area contributed by atoms with Gasteiger partial charge in [-0.3, -0.25) is 0 Å². The lowest BCUT2D eigenvalue weighted by Crippen LogP contribution is -2.19. The molecule has 0 N–H and O–H groups in total. The first-order valence-corrected chi connectivity index (χ1v) is 14.9. The van der Waals surface area contributed by atoms with E-state index in [0.717, 1.165) is 37.9 Å². The molecule has 0 saturated heterocycles. The third-order valence-corrected chi connectivity index (χ3v) is 6.41. The van der Waals surface area contributed by atoms with E-state index >= 15 is 0 Å². The highest BCUT2D eigenvalue weighted by atomic mass is 16.7. The SMILES string of the molecule is CCCCCCOc1ccc(N=Nc2ccc(OC(=O)c3ccc(C(=O)OC(C)OCCCCCC)cc3)cc2)cc1. The van der Waals surface area contributed by atoms with Gasteiger partial charge in [0.1, 0.15) is 11.5 Å². The molecule has 1 unspecified atom stereocenters. The van der Waals surface area contributed by atoms with E-state index in [0.29, 0.717) is 41.5 Å². The van der Waals surface area contributed by atoms with Gasteiger partial charge in [0.25, 0.3) is 0 Å². The molecule has 1 atom stereocenters. The van der Waals surface area contributed by atoms with E-state index in [-0.39, 0.29) is 0 Å². The highest BCUT2D eigenvalue weighted by Gasteiger charge is 2.14. The van der Waals surface area contributed by atoms with Crippen LogP contribution in [-0.2, 0) is 9.47 Å². The number of ether oxygens (including phenoxy) is 4. The average molecular weight is 575 g/mol. The third-order valence-electron chi connectivity index (χ3n) is 6.41. The zero-order valence-electron chi connectivity index (χ0n) is 24.9. The van der Waals surface area contributed by atoms with Crippen molar-refractivity contribution in [3.8, 4) is 11.5 Å². The van der Waals surface area contributed by atoms with Crippen molar-refractivity contribution in [1.82, 2.24) is 0 Å².